The van der Waals surface area contributed by atoms with Crippen molar-refractivity contribution in [1.29, 1.82) is 0 Å². The van der Waals surface area contributed by atoms with Crippen molar-refractivity contribution in [3.63, 3.8) is 0 Å². The summed E-state index contributed by atoms with van der Waals surface area (Å²) in [7, 11) is 7.56. The van der Waals surface area contributed by atoms with Crippen LogP contribution in [0.1, 0.15) is 12.1 Å². The van der Waals surface area contributed by atoms with Crippen molar-refractivity contribution in [1.82, 2.24) is 20.0 Å². The molecular formula is C14H28N4O2. The Morgan fingerprint density at radius 2 is 2.10 bits per heavy atom. The summed E-state index contributed by atoms with van der Waals surface area (Å²) < 4.78 is 12.4. The molecule has 1 aromatic rings. The third-order valence-electron chi connectivity index (χ3n) is 3.14. The van der Waals surface area contributed by atoms with Gasteiger partial charge >= 0.3 is 0 Å². The van der Waals surface area contributed by atoms with Gasteiger partial charge in [-0.2, -0.15) is 5.10 Å². The van der Waals surface area contributed by atoms with Crippen molar-refractivity contribution in [2.24, 2.45) is 0 Å². The summed E-state index contributed by atoms with van der Waals surface area (Å²) in [6.45, 7) is 4.50. The van der Waals surface area contributed by atoms with Gasteiger partial charge in [0.05, 0.1) is 32.2 Å². The molecule has 0 aromatic carbocycles. The van der Waals surface area contributed by atoms with Gasteiger partial charge in [0.1, 0.15) is 0 Å². The molecule has 0 radical (unpaired) electrons. The van der Waals surface area contributed by atoms with Crippen LogP contribution in [0.5, 0.6) is 5.75 Å². The quantitative estimate of drug-likeness (QED) is 0.604. The van der Waals surface area contributed by atoms with E-state index in [0.717, 1.165) is 51.4 Å². The van der Waals surface area contributed by atoms with Gasteiger partial charge in [-0.05, 0) is 33.5 Å². The SMILES string of the molecule is COCCNCCCc1c(OC)cnn1CCN(C)C. The van der Waals surface area contributed by atoms with Gasteiger partial charge in [-0.1, -0.05) is 0 Å². The molecule has 0 saturated heterocycles. The van der Waals surface area contributed by atoms with Crippen LogP contribution in [0.3, 0.4) is 0 Å². The molecule has 1 N–H and O–H groups in total. The van der Waals surface area contributed by atoms with Gasteiger partial charge in [0.2, 0.25) is 0 Å². The number of hydrogen-bond acceptors (Lipinski definition) is 5. The highest BCUT2D eigenvalue weighted by Gasteiger charge is 2.11. The molecule has 0 atom stereocenters. The van der Waals surface area contributed by atoms with E-state index in [1.54, 1.807) is 14.2 Å². The average molecular weight is 284 g/mol. The number of aromatic nitrogens is 2. The van der Waals surface area contributed by atoms with E-state index in [2.05, 4.69) is 29.4 Å². The van der Waals surface area contributed by atoms with E-state index >= 15 is 0 Å². The van der Waals surface area contributed by atoms with Crippen LogP contribution in [0.25, 0.3) is 0 Å². The third kappa shape index (κ3) is 5.90. The van der Waals surface area contributed by atoms with Crippen molar-refractivity contribution < 1.29 is 9.47 Å². The minimum absolute atomic E-state index is 0.754. The van der Waals surface area contributed by atoms with Gasteiger partial charge in [0, 0.05) is 20.2 Å². The lowest BCUT2D eigenvalue weighted by Gasteiger charge is -2.13. The number of methoxy groups -OCH3 is 2. The van der Waals surface area contributed by atoms with Crippen LogP contribution < -0.4 is 10.1 Å². The monoisotopic (exact) mass is 284 g/mol. The van der Waals surface area contributed by atoms with Crippen LogP contribution in [0.2, 0.25) is 0 Å². The lowest BCUT2D eigenvalue weighted by molar-refractivity contribution is 0.199. The Morgan fingerprint density at radius 3 is 2.75 bits per heavy atom. The summed E-state index contributed by atoms with van der Waals surface area (Å²) in [5, 5.41) is 7.76. The zero-order valence-corrected chi connectivity index (χ0v) is 13.2. The van der Waals surface area contributed by atoms with Crippen LogP contribution in [0, 0.1) is 0 Å². The first-order valence-electron chi connectivity index (χ1n) is 7.12. The Balaban J connectivity index is 2.42. The second kappa shape index (κ2) is 9.74. The van der Waals surface area contributed by atoms with Crippen molar-refractivity contribution in [3.05, 3.63) is 11.9 Å². The Kier molecular flexibility index (Phi) is 8.25. The average Bonchev–Trinajstić information content (AvgIpc) is 2.82. The maximum atomic E-state index is 5.39. The minimum atomic E-state index is 0.754. The van der Waals surface area contributed by atoms with Crippen molar-refractivity contribution in [2.45, 2.75) is 19.4 Å². The van der Waals surface area contributed by atoms with Crippen molar-refractivity contribution >= 4 is 0 Å². The highest BCUT2D eigenvalue weighted by atomic mass is 16.5. The summed E-state index contributed by atoms with van der Waals surface area (Å²) in [6.07, 6.45) is 3.84. The van der Waals surface area contributed by atoms with E-state index < -0.39 is 0 Å². The first kappa shape index (κ1) is 16.9. The molecule has 0 bridgehead atoms. The number of nitrogens with zero attached hydrogens (tertiary/aromatic N) is 3. The lowest BCUT2D eigenvalue weighted by atomic mass is 10.2. The van der Waals surface area contributed by atoms with Gasteiger partial charge in [-0.15, -0.1) is 0 Å². The predicted octanol–water partition coefficient (Wildman–Crippen LogP) is 0.622. The number of hydrogen-bond donors (Lipinski definition) is 1. The molecule has 1 aromatic heterocycles. The normalized spacial score (nSPS) is 11.2. The first-order valence-corrected chi connectivity index (χ1v) is 7.12. The molecule has 1 heterocycles. The Labute approximate surface area is 122 Å². The van der Waals surface area contributed by atoms with Crippen molar-refractivity contribution in [2.75, 3.05) is 54.6 Å². The van der Waals surface area contributed by atoms with E-state index in [9.17, 15) is 0 Å². The summed E-state index contributed by atoms with van der Waals surface area (Å²) >= 11 is 0. The van der Waals surface area contributed by atoms with Crippen LogP contribution in [-0.4, -0.2) is 69.2 Å². The number of likely N-dealkylation sites (N-methyl/N-ethyl adjacent to an activating group) is 1. The largest absolute Gasteiger partial charge is 0.493 e. The molecule has 0 aliphatic carbocycles. The summed E-state index contributed by atoms with van der Waals surface area (Å²) in [5.74, 6) is 0.889. The summed E-state index contributed by atoms with van der Waals surface area (Å²) in [4.78, 5) is 2.16. The van der Waals surface area contributed by atoms with Crippen LogP contribution in [0.4, 0.5) is 0 Å². The molecule has 20 heavy (non-hydrogen) atoms. The second-order valence-corrected chi connectivity index (χ2v) is 5.03. The zero-order valence-electron chi connectivity index (χ0n) is 13.2. The number of nitrogens with one attached hydrogen (secondary N) is 1. The van der Waals surface area contributed by atoms with Crippen LogP contribution in [-0.2, 0) is 17.7 Å². The molecule has 0 saturated carbocycles. The van der Waals surface area contributed by atoms with Gasteiger partial charge < -0.3 is 19.7 Å². The van der Waals surface area contributed by atoms with Gasteiger partial charge in [-0.3, -0.25) is 4.68 Å². The Hall–Kier alpha value is -1.11. The molecule has 0 spiro atoms. The lowest BCUT2D eigenvalue weighted by Crippen LogP contribution is -2.22. The molecule has 116 valence electrons. The van der Waals surface area contributed by atoms with Crippen LogP contribution >= 0.6 is 0 Å². The molecule has 0 aliphatic heterocycles. The molecule has 0 aliphatic rings. The smallest absolute Gasteiger partial charge is 0.159 e. The van der Waals surface area contributed by atoms with Gasteiger partial charge in [0.15, 0.2) is 5.75 Å². The second-order valence-electron chi connectivity index (χ2n) is 5.03. The highest BCUT2D eigenvalue weighted by Crippen LogP contribution is 2.18. The predicted molar refractivity (Wildman–Crippen MR) is 80.4 cm³/mol. The van der Waals surface area contributed by atoms with Crippen molar-refractivity contribution in [3.8, 4) is 5.75 Å². The molecule has 6 heteroatoms. The minimum Gasteiger partial charge on any atom is -0.493 e. The fraction of sp³-hybridized carbons (Fsp3) is 0.786. The zero-order chi connectivity index (χ0) is 14.8. The fourth-order valence-electron chi connectivity index (χ4n) is 1.98. The topological polar surface area (TPSA) is 51.5 Å². The Bertz CT molecular complexity index is 366. The molecule has 0 fully saturated rings. The van der Waals surface area contributed by atoms with Crippen LogP contribution in [0.15, 0.2) is 6.20 Å². The summed E-state index contributed by atoms with van der Waals surface area (Å²) in [5.41, 5.74) is 1.18. The third-order valence-corrected chi connectivity index (χ3v) is 3.14. The molecule has 0 unspecified atom stereocenters. The molecule has 1 rings (SSSR count). The number of rotatable bonds is 11. The van der Waals surface area contributed by atoms with E-state index in [0.29, 0.717) is 0 Å². The first-order chi connectivity index (χ1) is 9.69. The van der Waals surface area contributed by atoms with Gasteiger partial charge in [-0.25, -0.2) is 0 Å². The maximum Gasteiger partial charge on any atom is 0.159 e. The molecule has 6 nitrogen and oxygen atoms in total. The standard InChI is InChI=1S/C14H28N4O2/c1-17(2)9-10-18-13(14(20-4)12-16-18)6-5-7-15-8-11-19-3/h12,15H,5-11H2,1-4H3. The van der Waals surface area contributed by atoms with E-state index in [-0.39, 0.29) is 0 Å². The maximum absolute atomic E-state index is 5.39. The fourth-order valence-corrected chi connectivity index (χ4v) is 1.98. The molecular weight excluding hydrogens is 256 g/mol. The number of ether oxygens (including phenoxy) is 2. The van der Waals surface area contributed by atoms with E-state index in [1.807, 2.05) is 10.9 Å². The Morgan fingerprint density at radius 1 is 1.30 bits per heavy atom. The summed E-state index contributed by atoms with van der Waals surface area (Å²) in [6, 6.07) is 0. The molecule has 0 amide bonds. The highest BCUT2D eigenvalue weighted by molar-refractivity contribution is 5.25. The van der Waals surface area contributed by atoms with E-state index in [1.165, 1.54) is 5.69 Å². The van der Waals surface area contributed by atoms with E-state index in [4.69, 9.17) is 9.47 Å². The van der Waals surface area contributed by atoms with Gasteiger partial charge in [0.25, 0.3) is 0 Å².